The van der Waals surface area contributed by atoms with Crippen LogP contribution in [0.4, 0.5) is 0 Å². The Balaban J connectivity index is 1.69. The third-order valence-electron chi connectivity index (χ3n) is 5.54. The van der Waals surface area contributed by atoms with E-state index >= 15 is 0 Å². The number of hydrogen-bond donors (Lipinski definition) is 1. The second-order valence-corrected chi connectivity index (χ2v) is 8.05. The highest BCUT2D eigenvalue weighted by Gasteiger charge is 2.35. The van der Waals surface area contributed by atoms with Crippen molar-refractivity contribution < 1.29 is 9.59 Å². The minimum atomic E-state index is -0.136. The van der Waals surface area contributed by atoms with Gasteiger partial charge < -0.3 is 15.1 Å². The fraction of sp³-hybridized carbons (Fsp3) is 0.579. The van der Waals surface area contributed by atoms with Gasteiger partial charge in [0.15, 0.2) is 0 Å². The summed E-state index contributed by atoms with van der Waals surface area (Å²) in [5, 5.41) is 4.19. The maximum absolute atomic E-state index is 13.0. The summed E-state index contributed by atoms with van der Waals surface area (Å²) < 4.78 is 0. The minimum absolute atomic E-state index is 0.0946. The largest absolute Gasteiger partial charge is 0.338 e. The third-order valence-corrected chi connectivity index (χ3v) is 6.28. The van der Waals surface area contributed by atoms with Gasteiger partial charge in [-0.3, -0.25) is 9.59 Å². The van der Waals surface area contributed by atoms with Crippen molar-refractivity contribution in [3.63, 3.8) is 0 Å². The lowest BCUT2D eigenvalue weighted by atomic mass is 9.94. The van der Waals surface area contributed by atoms with Crippen molar-refractivity contribution in [2.24, 2.45) is 5.92 Å². The van der Waals surface area contributed by atoms with Crippen LogP contribution >= 0.6 is 23.2 Å². The Bertz CT molecular complexity index is 697. The molecule has 2 aliphatic rings. The Labute approximate surface area is 164 Å². The number of piperazine rings is 1. The first-order valence-electron chi connectivity index (χ1n) is 9.16. The van der Waals surface area contributed by atoms with E-state index in [2.05, 4.69) is 19.2 Å². The Hall–Kier alpha value is -1.30. The number of halogens is 2. The summed E-state index contributed by atoms with van der Waals surface area (Å²) in [6, 6.07) is 5.36. The van der Waals surface area contributed by atoms with E-state index in [1.54, 1.807) is 23.1 Å². The summed E-state index contributed by atoms with van der Waals surface area (Å²) in [6.07, 6.45) is 1.66. The smallest absolute Gasteiger partial charge is 0.253 e. The van der Waals surface area contributed by atoms with Crippen molar-refractivity contribution >= 4 is 35.0 Å². The molecule has 2 saturated heterocycles. The van der Waals surface area contributed by atoms with Gasteiger partial charge in [0.05, 0.1) is 16.0 Å². The normalized spacial score (nSPS) is 26.7. The van der Waals surface area contributed by atoms with E-state index in [1.165, 1.54) is 0 Å². The number of nitrogens with one attached hydrogen (secondary N) is 1. The van der Waals surface area contributed by atoms with E-state index in [-0.39, 0.29) is 29.8 Å². The average molecular weight is 398 g/mol. The standard InChI is InChI=1S/C19H25Cl2N3O2/c1-12-13(2)24(9-7-22-12)19(26)15-4-3-8-23(11-15)18(25)14-5-6-16(20)17(21)10-14/h5-6,10,12-13,15,22H,3-4,7-9,11H2,1-2H3. The highest BCUT2D eigenvalue weighted by molar-refractivity contribution is 6.42. The number of rotatable bonds is 2. The Morgan fingerprint density at radius 1 is 1.15 bits per heavy atom. The number of carbonyl (C=O) groups is 2. The number of benzene rings is 1. The maximum atomic E-state index is 13.0. The molecule has 142 valence electrons. The van der Waals surface area contributed by atoms with Gasteiger partial charge >= 0.3 is 0 Å². The molecule has 0 spiro atoms. The highest BCUT2D eigenvalue weighted by Crippen LogP contribution is 2.26. The van der Waals surface area contributed by atoms with Crippen molar-refractivity contribution in [1.82, 2.24) is 15.1 Å². The van der Waals surface area contributed by atoms with Crippen molar-refractivity contribution in [3.05, 3.63) is 33.8 Å². The lowest BCUT2D eigenvalue weighted by Crippen LogP contribution is -2.59. The fourth-order valence-corrected chi connectivity index (χ4v) is 4.08. The summed E-state index contributed by atoms with van der Waals surface area (Å²) >= 11 is 12.0. The monoisotopic (exact) mass is 397 g/mol. The quantitative estimate of drug-likeness (QED) is 0.833. The first kappa shape index (κ1) is 19.5. The molecule has 7 heteroatoms. The van der Waals surface area contributed by atoms with Crippen LogP contribution in [0.3, 0.4) is 0 Å². The molecule has 0 bridgehead atoms. The molecule has 26 heavy (non-hydrogen) atoms. The van der Waals surface area contributed by atoms with Gasteiger partial charge in [-0.2, -0.15) is 0 Å². The van der Waals surface area contributed by atoms with Crippen LogP contribution in [0.2, 0.25) is 10.0 Å². The number of nitrogens with zero attached hydrogens (tertiary/aromatic N) is 2. The predicted octanol–water partition coefficient (Wildman–Crippen LogP) is 3.05. The Morgan fingerprint density at radius 3 is 2.65 bits per heavy atom. The van der Waals surface area contributed by atoms with Crippen molar-refractivity contribution in [2.75, 3.05) is 26.2 Å². The van der Waals surface area contributed by atoms with Gasteiger partial charge in [-0.15, -0.1) is 0 Å². The lowest BCUT2D eigenvalue weighted by molar-refractivity contribution is -0.140. The summed E-state index contributed by atoms with van der Waals surface area (Å²) in [7, 11) is 0. The van der Waals surface area contributed by atoms with Crippen molar-refractivity contribution in [2.45, 2.75) is 38.8 Å². The molecule has 0 aliphatic carbocycles. The van der Waals surface area contributed by atoms with E-state index in [0.29, 0.717) is 28.7 Å². The first-order valence-corrected chi connectivity index (χ1v) is 9.92. The summed E-state index contributed by atoms with van der Waals surface area (Å²) in [5.74, 6) is -0.0662. The van der Waals surface area contributed by atoms with Crippen molar-refractivity contribution in [1.29, 1.82) is 0 Å². The van der Waals surface area contributed by atoms with Gasteiger partial charge in [-0.05, 0) is 44.9 Å². The van der Waals surface area contributed by atoms with Crippen LogP contribution in [0.1, 0.15) is 37.0 Å². The van der Waals surface area contributed by atoms with Crippen LogP contribution in [0.5, 0.6) is 0 Å². The number of amides is 2. The van der Waals surface area contributed by atoms with E-state index in [1.807, 2.05) is 4.90 Å². The molecule has 2 aliphatic heterocycles. The van der Waals surface area contributed by atoms with Crippen LogP contribution in [0.15, 0.2) is 18.2 Å². The number of hydrogen-bond acceptors (Lipinski definition) is 3. The summed E-state index contributed by atoms with van der Waals surface area (Å²) in [4.78, 5) is 29.6. The number of likely N-dealkylation sites (tertiary alicyclic amines) is 1. The molecule has 0 saturated carbocycles. The van der Waals surface area contributed by atoms with Gasteiger partial charge in [0.25, 0.3) is 5.91 Å². The fourth-order valence-electron chi connectivity index (χ4n) is 3.78. The zero-order valence-corrected chi connectivity index (χ0v) is 16.7. The van der Waals surface area contributed by atoms with Crippen LogP contribution in [0, 0.1) is 5.92 Å². The molecular formula is C19H25Cl2N3O2. The van der Waals surface area contributed by atoms with Gasteiger partial charge in [-0.25, -0.2) is 0 Å². The molecule has 2 heterocycles. The van der Waals surface area contributed by atoms with Gasteiger partial charge in [0, 0.05) is 43.8 Å². The number of piperidine rings is 1. The van der Waals surface area contributed by atoms with E-state index in [9.17, 15) is 9.59 Å². The topological polar surface area (TPSA) is 52.7 Å². The highest BCUT2D eigenvalue weighted by atomic mass is 35.5. The zero-order valence-electron chi connectivity index (χ0n) is 15.2. The van der Waals surface area contributed by atoms with Crippen LogP contribution in [-0.2, 0) is 4.79 Å². The Kier molecular flexibility index (Phi) is 6.10. The van der Waals surface area contributed by atoms with Gasteiger partial charge in [0.1, 0.15) is 0 Å². The minimum Gasteiger partial charge on any atom is -0.338 e. The molecular weight excluding hydrogens is 373 g/mol. The molecule has 3 atom stereocenters. The zero-order chi connectivity index (χ0) is 18.8. The van der Waals surface area contributed by atoms with Crippen LogP contribution in [-0.4, -0.2) is 59.9 Å². The second kappa shape index (κ2) is 8.15. The second-order valence-electron chi connectivity index (χ2n) is 7.23. The lowest BCUT2D eigenvalue weighted by Gasteiger charge is -2.42. The molecule has 3 unspecified atom stereocenters. The third kappa shape index (κ3) is 4.00. The predicted molar refractivity (Wildman–Crippen MR) is 104 cm³/mol. The molecule has 0 radical (unpaired) electrons. The average Bonchev–Trinajstić information content (AvgIpc) is 2.65. The molecule has 3 rings (SSSR count). The molecule has 1 N–H and O–H groups in total. The molecule has 0 aromatic heterocycles. The molecule has 1 aromatic rings. The summed E-state index contributed by atoms with van der Waals surface area (Å²) in [5.41, 5.74) is 0.511. The van der Waals surface area contributed by atoms with E-state index < -0.39 is 0 Å². The van der Waals surface area contributed by atoms with E-state index in [4.69, 9.17) is 23.2 Å². The molecule has 1 aromatic carbocycles. The number of carbonyl (C=O) groups excluding carboxylic acids is 2. The Morgan fingerprint density at radius 2 is 1.92 bits per heavy atom. The van der Waals surface area contributed by atoms with Gasteiger partial charge in [0.2, 0.25) is 5.91 Å². The van der Waals surface area contributed by atoms with Crippen LogP contribution < -0.4 is 5.32 Å². The molecule has 5 nitrogen and oxygen atoms in total. The summed E-state index contributed by atoms with van der Waals surface area (Å²) in [6.45, 7) is 6.85. The maximum Gasteiger partial charge on any atom is 0.253 e. The van der Waals surface area contributed by atoms with Crippen molar-refractivity contribution in [3.8, 4) is 0 Å². The van der Waals surface area contributed by atoms with Gasteiger partial charge in [-0.1, -0.05) is 23.2 Å². The van der Waals surface area contributed by atoms with E-state index in [0.717, 1.165) is 25.9 Å². The SMILES string of the molecule is CC1NCCN(C(=O)C2CCCN(C(=O)c3ccc(Cl)c(Cl)c3)C2)C1C. The van der Waals surface area contributed by atoms with Crippen LogP contribution in [0.25, 0.3) is 0 Å². The molecule has 2 fully saturated rings. The first-order chi connectivity index (χ1) is 12.4. The molecule has 2 amide bonds.